The first-order chi connectivity index (χ1) is 12.9. The third-order valence-electron chi connectivity index (χ3n) is 7.02. The third-order valence-corrected chi connectivity index (χ3v) is 7.91. The van der Waals surface area contributed by atoms with Crippen LogP contribution in [0.15, 0.2) is 48.4 Å². The first-order valence-corrected chi connectivity index (χ1v) is 11.0. The first-order valence-electron chi connectivity index (χ1n) is 10.1. The Labute approximate surface area is 167 Å². The van der Waals surface area contributed by atoms with Gasteiger partial charge < -0.3 is 5.73 Å². The first kappa shape index (κ1) is 18.5. The molecule has 4 rings (SSSR count). The van der Waals surface area contributed by atoms with Crippen LogP contribution in [-0.2, 0) is 5.41 Å². The molecule has 1 heterocycles. The molecule has 1 aromatic heterocycles. The molecule has 4 unspecified atom stereocenters. The van der Waals surface area contributed by atoms with Crippen molar-refractivity contribution in [2.75, 3.05) is 0 Å². The van der Waals surface area contributed by atoms with E-state index in [2.05, 4.69) is 68.8 Å². The summed E-state index contributed by atoms with van der Waals surface area (Å²) in [6.07, 6.45) is 8.99. The molecule has 1 aromatic carbocycles. The smallest absolute Gasteiger partial charge is 0.124 e. The maximum absolute atomic E-state index is 5.76. The van der Waals surface area contributed by atoms with Gasteiger partial charge in [0.15, 0.2) is 0 Å². The number of rotatable bonds is 4. The number of hydrogen-bond acceptors (Lipinski definition) is 3. The van der Waals surface area contributed by atoms with Crippen molar-refractivity contribution in [3.05, 3.63) is 59.6 Å². The maximum atomic E-state index is 5.76. The van der Waals surface area contributed by atoms with Crippen molar-refractivity contribution in [1.29, 1.82) is 0 Å². The largest absolute Gasteiger partial charge is 0.397 e. The summed E-state index contributed by atoms with van der Waals surface area (Å²) in [4.78, 5) is 4.59. The molecule has 5 atom stereocenters. The van der Waals surface area contributed by atoms with Crippen LogP contribution in [0.25, 0.3) is 16.3 Å². The van der Waals surface area contributed by atoms with Crippen LogP contribution < -0.4 is 5.73 Å². The van der Waals surface area contributed by atoms with E-state index in [4.69, 9.17) is 5.73 Å². The lowest BCUT2D eigenvalue weighted by molar-refractivity contribution is 0.298. The summed E-state index contributed by atoms with van der Waals surface area (Å²) in [5.41, 5.74) is 9.77. The summed E-state index contributed by atoms with van der Waals surface area (Å²) in [6.45, 7) is 11.0. The Morgan fingerprint density at radius 2 is 2.07 bits per heavy atom. The highest BCUT2D eigenvalue weighted by Crippen LogP contribution is 2.52. The van der Waals surface area contributed by atoms with Crippen molar-refractivity contribution >= 4 is 17.0 Å². The van der Waals surface area contributed by atoms with Crippen LogP contribution >= 0.6 is 11.3 Å². The minimum atomic E-state index is 0.141. The number of hydrogen-bond donors (Lipinski definition) is 1. The molecule has 3 heteroatoms. The Kier molecular flexibility index (Phi) is 4.75. The van der Waals surface area contributed by atoms with Crippen LogP contribution in [0.5, 0.6) is 0 Å². The van der Waals surface area contributed by atoms with E-state index in [-0.39, 0.29) is 5.41 Å². The molecule has 1 saturated carbocycles. The fraction of sp³-hybridized carbons (Fsp3) is 0.458. The third kappa shape index (κ3) is 3.27. The predicted molar refractivity (Wildman–Crippen MR) is 116 cm³/mol. The molecule has 2 N–H and O–H groups in total. The Morgan fingerprint density at radius 3 is 2.70 bits per heavy atom. The SMILES string of the molecule is C=C(N)c1csc(-c2ccc([C@@]3(C)C=CC4C(CC(CC)C4C)C3)cc2)n1. The van der Waals surface area contributed by atoms with E-state index >= 15 is 0 Å². The fourth-order valence-corrected chi connectivity index (χ4v) is 6.14. The number of nitrogens with two attached hydrogens (primary N) is 1. The van der Waals surface area contributed by atoms with Crippen molar-refractivity contribution in [3.8, 4) is 10.6 Å². The molecular weight excluding hydrogens is 348 g/mol. The summed E-state index contributed by atoms with van der Waals surface area (Å²) in [5, 5.41) is 2.98. The van der Waals surface area contributed by atoms with E-state index in [1.54, 1.807) is 11.3 Å². The predicted octanol–water partition coefficient (Wildman–Crippen LogP) is 6.26. The molecule has 0 bridgehead atoms. The van der Waals surface area contributed by atoms with Crippen molar-refractivity contribution in [2.24, 2.45) is 29.4 Å². The molecule has 0 aliphatic heterocycles. The van der Waals surface area contributed by atoms with Gasteiger partial charge in [0.05, 0.1) is 11.4 Å². The van der Waals surface area contributed by atoms with E-state index < -0.39 is 0 Å². The van der Waals surface area contributed by atoms with Gasteiger partial charge in [-0.05, 0) is 42.1 Å². The summed E-state index contributed by atoms with van der Waals surface area (Å²) < 4.78 is 0. The molecule has 2 aliphatic carbocycles. The van der Waals surface area contributed by atoms with E-state index in [0.717, 1.165) is 39.9 Å². The van der Waals surface area contributed by atoms with Gasteiger partial charge in [-0.1, -0.05) is 70.2 Å². The lowest BCUT2D eigenvalue weighted by atomic mass is 9.68. The van der Waals surface area contributed by atoms with Gasteiger partial charge in [-0.2, -0.15) is 0 Å². The van der Waals surface area contributed by atoms with Crippen LogP contribution in [0.4, 0.5) is 0 Å². The van der Waals surface area contributed by atoms with E-state index in [0.29, 0.717) is 5.70 Å². The highest BCUT2D eigenvalue weighted by atomic mass is 32.1. The standard InChI is InChI=1S/C24H30N2S/c1-5-17-12-19-13-24(4,11-10-21(19)15(17)2)20-8-6-18(7-9-20)23-26-22(14-27-23)16(3)25/h6-11,14-15,17,19,21H,3,5,12-13,25H2,1-2,4H3/t15?,17?,19?,21?,24-/m0/s1. The number of benzene rings is 1. The average Bonchev–Trinajstić information content (AvgIpc) is 3.27. The number of allylic oxidation sites excluding steroid dienone is 2. The Balaban J connectivity index is 1.56. The van der Waals surface area contributed by atoms with Gasteiger partial charge in [0.25, 0.3) is 0 Å². The van der Waals surface area contributed by atoms with E-state index in [9.17, 15) is 0 Å². The monoisotopic (exact) mass is 378 g/mol. The molecular formula is C24H30N2S. The van der Waals surface area contributed by atoms with Gasteiger partial charge in [-0.25, -0.2) is 4.98 Å². The van der Waals surface area contributed by atoms with E-state index in [1.807, 2.05) is 5.38 Å². The minimum absolute atomic E-state index is 0.141. The summed E-state index contributed by atoms with van der Waals surface area (Å²) in [7, 11) is 0. The summed E-state index contributed by atoms with van der Waals surface area (Å²) in [6, 6.07) is 8.98. The lowest BCUT2D eigenvalue weighted by Crippen LogP contribution is -2.29. The number of nitrogens with zero attached hydrogens (tertiary/aromatic N) is 1. The van der Waals surface area contributed by atoms with Crippen molar-refractivity contribution in [1.82, 2.24) is 4.98 Å². The average molecular weight is 379 g/mol. The normalized spacial score (nSPS) is 32.4. The molecule has 0 amide bonds. The van der Waals surface area contributed by atoms with Crippen LogP contribution in [0.2, 0.25) is 0 Å². The van der Waals surface area contributed by atoms with Gasteiger partial charge in [0, 0.05) is 16.4 Å². The highest BCUT2D eigenvalue weighted by molar-refractivity contribution is 7.13. The van der Waals surface area contributed by atoms with Gasteiger partial charge >= 0.3 is 0 Å². The Hall–Kier alpha value is -1.87. The fourth-order valence-electron chi connectivity index (χ4n) is 5.29. The molecule has 0 radical (unpaired) electrons. The second-order valence-electron chi connectivity index (χ2n) is 8.72. The van der Waals surface area contributed by atoms with Crippen LogP contribution in [-0.4, -0.2) is 4.98 Å². The molecule has 0 saturated heterocycles. The molecule has 27 heavy (non-hydrogen) atoms. The van der Waals surface area contributed by atoms with Gasteiger partial charge in [0.2, 0.25) is 0 Å². The minimum Gasteiger partial charge on any atom is -0.397 e. The zero-order valence-electron chi connectivity index (χ0n) is 16.6. The highest BCUT2D eigenvalue weighted by Gasteiger charge is 2.44. The van der Waals surface area contributed by atoms with Crippen molar-refractivity contribution in [3.63, 3.8) is 0 Å². The van der Waals surface area contributed by atoms with Crippen LogP contribution in [0.1, 0.15) is 51.3 Å². The Bertz CT molecular complexity index is 863. The molecule has 2 aliphatic rings. The second kappa shape index (κ2) is 6.94. The van der Waals surface area contributed by atoms with Gasteiger partial charge in [-0.3, -0.25) is 0 Å². The molecule has 142 valence electrons. The topological polar surface area (TPSA) is 38.9 Å². The lowest BCUT2D eigenvalue weighted by Gasteiger charge is -2.37. The summed E-state index contributed by atoms with van der Waals surface area (Å²) in [5.74, 6) is 3.34. The maximum Gasteiger partial charge on any atom is 0.124 e. The number of fused-ring (bicyclic) bond motifs is 1. The molecule has 2 nitrogen and oxygen atoms in total. The second-order valence-corrected chi connectivity index (χ2v) is 9.58. The van der Waals surface area contributed by atoms with E-state index in [1.165, 1.54) is 24.8 Å². The number of thiazole rings is 1. The van der Waals surface area contributed by atoms with Gasteiger partial charge in [-0.15, -0.1) is 11.3 Å². The molecule has 2 aromatic rings. The quantitative estimate of drug-likeness (QED) is 0.638. The van der Waals surface area contributed by atoms with Gasteiger partial charge in [0.1, 0.15) is 5.01 Å². The molecule has 1 fully saturated rings. The molecule has 0 spiro atoms. The van der Waals surface area contributed by atoms with Crippen LogP contribution in [0, 0.1) is 23.7 Å². The Morgan fingerprint density at radius 1 is 1.33 bits per heavy atom. The summed E-state index contributed by atoms with van der Waals surface area (Å²) >= 11 is 1.62. The van der Waals surface area contributed by atoms with Crippen LogP contribution in [0.3, 0.4) is 0 Å². The number of aromatic nitrogens is 1. The van der Waals surface area contributed by atoms with Crippen molar-refractivity contribution < 1.29 is 0 Å². The zero-order chi connectivity index (χ0) is 19.2. The van der Waals surface area contributed by atoms with Crippen molar-refractivity contribution in [2.45, 2.75) is 45.4 Å². The zero-order valence-corrected chi connectivity index (χ0v) is 17.4.